The highest BCUT2D eigenvalue weighted by atomic mass is 35.5. The van der Waals surface area contributed by atoms with E-state index in [0.29, 0.717) is 22.5 Å². The van der Waals surface area contributed by atoms with Crippen molar-refractivity contribution in [1.29, 1.82) is 0 Å². The molecule has 0 aliphatic carbocycles. The van der Waals surface area contributed by atoms with E-state index in [1.807, 2.05) is 6.07 Å². The van der Waals surface area contributed by atoms with Gasteiger partial charge in [-0.15, -0.1) is 0 Å². The van der Waals surface area contributed by atoms with Gasteiger partial charge in [0.05, 0.1) is 31.6 Å². The van der Waals surface area contributed by atoms with Gasteiger partial charge in [0.2, 0.25) is 0 Å². The number of nitrogens with zero attached hydrogens (tertiary/aromatic N) is 2. The zero-order chi connectivity index (χ0) is 12.3. The van der Waals surface area contributed by atoms with Gasteiger partial charge in [0.15, 0.2) is 11.0 Å². The molecule has 0 radical (unpaired) electrons. The molecular formula is C10H10ClN3O2S. The maximum absolute atomic E-state index is 5.86. The van der Waals surface area contributed by atoms with Crippen LogP contribution in [0.15, 0.2) is 18.2 Å². The Morgan fingerprint density at radius 1 is 1.24 bits per heavy atom. The van der Waals surface area contributed by atoms with E-state index < -0.39 is 0 Å². The highest BCUT2D eigenvalue weighted by Gasteiger charge is 2.10. The summed E-state index contributed by atoms with van der Waals surface area (Å²) in [5.41, 5.74) is 0.724. The first-order valence-corrected chi connectivity index (χ1v) is 5.82. The number of halogens is 1. The molecule has 0 amide bonds. The maximum Gasteiger partial charge on any atom is 0.187 e. The lowest BCUT2D eigenvalue weighted by Crippen LogP contribution is -1.96. The first kappa shape index (κ1) is 11.9. The molecule has 1 heterocycles. The van der Waals surface area contributed by atoms with Crippen molar-refractivity contribution in [2.24, 2.45) is 0 Å². The van der Waals surface area contributed by atoms with Crippen LogP contribution in [-0.4, -0.2) is 23.0 Å². The van der Waals surface area contributed by atoms with Crippen LogP contribution in [-0.2, 0) is 0 Å². The molecule has 0 aliphatic heterocycles. The van der Waals surface area contributed by atoms with Crippen LogP contribution in [0.1, 0.15) is 0 Å². The Morgan fingerprint density at radius 3 is 2.65 bits per heavy atom. The van der Waals surface area contributed by atoms with Crippen LogP contribution in [0, 0.1) is 0 Å². The van der Waals surface area contributed by atoms with E-state index in [4.69, 9.17) is 21.1 Å². The number of ether oxygens (including phenoxy) is 2. The van der Waals surface area contributed by atoms with Crippen LogP contribution in [0.4, 0.5) is 11.5 Å². The largest absolute Gasteiger partial charge is 0.497 e. The molecular weight excluding hydrogens is 262 g/mol. The van der Waals surface area contributed by atoms with Gasteiger partial charge in [0, 0.05) is 6.07 Å². The first-order valence-electron chi connectivity index (χ1n) is 4.71. The summed E-state index contributed by atoms with van der Waals surface area (Å²) in [7, 11) is 3.19. The SMILES string of the molecule is COc1ccc(OC)c(Nc2nsnc2Cl)c1. The summed E-state index contributed by atoms with van der Waals surface area (Å²) in [6, 6.07) is 5.41. The van der Waals surface area contributed by atoms with Gasteiger partial charge in [-0.1, -0.05) is 11.6 Å². The molecule has 1 aromatic heterocycles. The summed E-state index contributed by atoms with van der Waals surface area (Å²) >= 11 is 6.90. The molecule has 90 valence electrons. The van der Waals surface area contributed by atoms with Crippen molar-refractivity contribution in [1.82, 2.24) is 8.75 Å². The Balaban J connectivity index is 2.33. The van der Waals surface area contributed by atoms with Crippen molar-refractivity contribution in [3.8, 4) is 11.5 Å². The van der Waals surface area contributed by atoms with Gasteiger partial charge in [0.25, 0.3) is 0 Å². The second-order valence-corrected chi connectivity index (χ2v) is 3.98. The van der Waals surface area contributed by atoms with Gasteiger partial charge < -0.3 is 14.8 Å². The fraction of sp³-hybridized carbons (Fsp3) is 0.200. The maximum atomic E-state index is 5.86. The van der Waals surface area contributed by atoms with Crippen molar-refractivity contribution in [2.45, 2.75) is 0 Å². The van der Waals surface area contributed by atoms with E-state index in [9.17, 15) is 0 Å². The molecule has 0 saturated heterocycles. The highest BCUT2D eigenvalue weighted by molar-refractivity contribution is 6.99. The molecule has 0 aliphatic rings. The lowest BCUT2D eigenvalue weighted by molar-refractivity contribution is 0.405. The van der Waals surface area contributed by atoms with Crippen LogP contribution in [0.5, 0.6) is 11.5 Å². The summed E-state index contributed by atoms with van der Waals surface area (Å²) in [6.07, 6.45) is 0. The van der Waals surface area contributed by atoms with Crippen molar-refractivity contribution in [3.05, 3.63) is 23.4 Å². The van der Waals surface area contributed by atoms with Crippen molar-refractivity contribution in [2.75, 3.05) is 19.5 Å². The van der Waals surface area contributed by atoms with Gasteiger partial charge in [-0.2, -0.15) is 8.75 Å². The van der Waals surface area contributed by atoms with E-state index in [2.05, 4.69) is 14.1 Å². The second kappa shape index (κ2) is 5.20. The van der Waals surface area contributed by atoms with Crippen molar-refractivity contribution < 1.29 is 9.47 Å². The Hall–Kier alpha value is -1.53. The molecule has 0 fully saturated rings. The van der Waals surface area contributed by atoms with Gasteiger partial charge in [-0.05, 0) is 12.1 Å². The third-order valence-electron chi connectivity index (χ3n) is 2.11. The zero-order valence-corrected chi connectivity index (χ0v) is 10.8. The predicted molar refractivity (Wildman–Crippen MR) is 67.7 cm³/mol. The Labute approximate surface area is 108 Å². The lowest BCUT2D eigenvalue weighted by Gasteiger charge is -2.10. The highest BCUT2D eigenvalue weighted by Crippen LogP contribution is 2.32. The van der Waals surface area contributed by atoms with E-state index in [0.717, 1.165) is 17.4 Å². The number of rotatable bonds is 4. The fourth-order valence-corrected chi connectivity index (χ4v) is 1.94. The monoisotopic (exact) mass is 271 g/mol. The average Bonchev–Trinajstić information content (AvgIpc) is 2.75. The molecule has 1 N–H and O–H groups in total. The van der Waals surface area contributed by atoms with Crippen molar-refractivity contribution >= 4 is 34.8 Å². The number of benzene rings is 1. The molecule has 17 heavy (non-hydrogen) atoms. The molecule has 2 rings (SSSR count). The second-order valence-electron chi connectivity index (χ2n) is 3.09. The number of aromatic nitrogens is 2. The lowest BCUT2D eigenvalue weighted by atomic mass is 10.2. The molecule has 0 atom stereocenters. The van der Waals surface area contributed by atoms with Crippen molar-refractivity contribution in [3.63, 3.8) is 0 Å². The topological polar surface area (TPSA) is 56.3 Å². The van der Waals surface area contributed by atoms with Crippen LogP contribution in [0.2, 0.25) is 5.15 Å². The van der Waals surface area contributed by atoms with Crippen LogP contribution in [0.25, 0.3) is 0 Å². The van der Waals surface area contributed by atoms with E-state index in [-0.39, 0.29) is 0 Å². The Kier molecular flexibility index (Phi) is 3.65. The number of hydrogen-bond donors (Lipinski definition) is 1. The van der Waals surface area contributed by atoms with Crippen LogP contribution in [0.3, 0.4) is 0 Å². The summed E-state index contributed by atoms with van der Waals surface area (Å²) < 4.78 is 18.3. The van der Waals surface area contributed by atoms with Gasteiger partial charge in [-0.3, -0.25) is 0 Å². The Morgan fingerprint density at radius 2 is 2.06 bits per heavy atom. The van der Waals surface area contributed by atoms with Crippen LogP contribution < -0.4 is 14.8 Å². The molecule has 5 nitrogen and oxygen atoms in total. The minimum Gasteiger partial charge on any atom is -0.497 e. The summed E-state index contributed by atoms with van der Waals surface area (Å²) in [5.74, 6) is 1.89. The average molecular weight is 272 g/mol. The molecule has 2 aromatic rings. The minimum absolute atomic E-state index is 0.333. The summed E-state index contributed by atoms with van der Waals surface area (Å²) in [5, 5.41) is 3.38. The molecule has 0 unspecified atom stereocenters. The summed E-state index contributed by atoms with van der Waals surface area (Å²) in [6.45, 7) is 0. The van der Waals surface area contributed by atoms with Gasteiger partial charge in [-0.25, -0.2) is 0 Å². The molecule has 0 spiro atoms. The fourth-order valence-electron chi connectivity index (χ4n) is 1.29. The van der Waals surface area contributed by atoms with E-state index in [1.54, 1.807) is 26.4 Å². The predicted octanol–water partition coefficient (Wildman–Crippen LogP) is 2.95. The molecule has 0 bridgehead atoms. The first-order chi connectivity index (χ1) is 8.24. The number of hydrogen-bond acceptors (Lipinski definition) is 6. The number of methoxy groups -OCH3 is 2. The van der Waals surface area contributed by atoms with E-state index >= 15 is 0 Å². The molecule has 1 aromatic carbocycles. The third-order valence-corrected chi connectivity index (χ3v) is 3.00. The molecule has 7 heteroatoms. The van der Waals surface area contributed by atoms with Gasteiger partial charge >= 0.3 is 0 Å². The summed E-state index contributed by atoms with van der Waals surface area (Å²) in [4.78, 5) is 0. The third kappa shape index (κ3) is 2.59. The standard InChI is InChI=1S/C10H10ClN3O2S/c1-15-6-3-4-8(16-2)7(5-6)12-10-9(11)13-17-14-10/h3-5H,1-2H3,(H,12,14). The normalized spacial score (nSPS) is 10.1. The van der Waals surface area contributed by atoms with Crippen LogP contribution >= 0.6 is 23.3 Å². The Bertz CT molecular complexity index is 518. The van der Waals surface area contributed by atoms with Gasteiger partial charge in [0.1, 0.15) is 11.5 Å². The smallest absolute Gasteiger partial charge is 0.187 e. The quantitative estimate of drug-likeness (QED) is 0.926. The minimum atomic E-state index is 0.333. The number of nitrogens with one attached hydrogen (secondary N) is 1. The van der Waals surface area contributed by atoms with E-state index in [1.165, 1.54) is 0 Å². The zero-order valence-electron chi connectivity index (χ0n) is 9.23. The molecule has 0 saturated carbocycles. The number of anilines is 2.